The van der Waals surface area contributed by atoms with Crippen LogP contribution in [0.3, 0.4) is 0 Å². The van der Waals surface area contributed by atoms with Gasteiger partial charge in [0.05, 0.1) is 27.7 Å². The average molecular weight is 1080 g/mol. The van der Waals surface area contributed by atoms with E-state index in [9.17, 15) is 0 Å². The van der Waals surface area contributed by atoms with Crippen molar-refractivity contribution in [3.05, 3.63) is 0 Å². The molecule has 0 atom stereocenters. The third kappa shape index (κ3) is 76.0. The van der Waals surface area contributed by atoms with E-state index in [2.05, 4.69) is 28.1 Å². The van der Waals surface area contributed by atoms with Gasteiger partial charge in [-0.1, -0.05) is 450 Å². The summed E-state index contributed by atoms with van der Waals surface area (Å²) in [4.78, 5) is 0. The van der Waals surface area contributed by atoms with E-state index in [0.717, 1.165) is 4.48 Å². The number of quaternary nitrogens is 1. The molecule has 0 aliphatic heterocycles. The Kier molecular flexibility index (Phi) is 70.2. The summed E-state index contributed by atoms with van der Waals surface area (Å²) in [6, 6.07) is 0. The average Bonchev–Trinajstić information content (AvgIpc) is 3.42. The van der Waals surface area contributed by atoms with Crippen molar-refractivity contribution in [2.24, 2.45) is 0 Å². The van der Waals surface area contributed by atoms with Gasteiger partial charge in [0.25, 0.3) is 0 Å². The van der Waals surface area contributed by atoms with Crippen molar-refractivity contribution in [2.45, 2.75) is 463 Å². The Hall–Kier alpha value is -0.0400. The number of unbranched alkanes of at least 4 members (excludes halogenated alkanes) is 70. The summed E-state index contributed by atoms with van der Waals surface area (Å²) in [6.45, 7) is 3.65. The van der Waals surface area contributed by atoms with Gasteiger partial charge >= 0.3 is 0 Å². The fourth-order valence-corrected chi connectivity index (χ4v) is 12.9. The molecule has 0 heterocycles. The van der Waals surface area contributed by atoms with Gasteiger partial charge in [-0.25, -0.2) is 0 Å². The second kappa shape index (κ2) is 70.2. The molecule has 0 radical (unpaired) electrons. The Balaban J connectivity index is 3.08. The molecule has 0 aromatic carbocycles. The summed E-state index contributed by atoms with van der Waals surface area (Å²) >= 11 is 0. The molecule has 464 valence electrons. The monoisotopic (exact) mass is 1080 g/mol. The van der Waals surface area contributed by atoms with Crippen molar-refractivity contribution >= 4 is 0 Å². The van der Waals surface area contributed by atoms with Crippen molar-refractivity contribution in [2.75, 3.05) is 27.7 Å². The van der Waals surface area contributed by atoms with Crippen molar-refractivity contribution in [1.82, 2.24) is 0 Å². The Morgan fingerprint density at radius 2 is 0.195 bits per heavy atom. The predicted octanol–water partition coefficient (Wildman–Crippen LogP) is 28.4. The number of nitrogens with zero attached hydrogens (tertiary/aromatic N) is 1. The van der Waals surface area contributed by atoms with E-state index in [-0.39, 0.29) is 0 Å². The molecule has 0 rings (SSSR count). The molecular formula is C76H156N+. The summed E-state index contributed by atoms with van der Waals surface area (Å²) in [7, 11) is 6.95. The molecular weight excluding hydrogens is 927 g/mol. The molecule has 0 saturated heterocycles. The van der Waals surface area contributed by atoms with E-state index in [1.54, 1.807) is 0 Å². The van der Waals surface area contributed by atoms with Crippen LogP contribution in [0.5, 0.6) is 0 Å². The van der Waals surface area contributed by atoms with E-state index in [1.165, 1.54) is 462 Å². The lowest BCUT2D eigenvalue weighted by molar-refractivity contribution is -0.870. The highest BCUT2D eigenvalue weighted by Gasteiger charge is 2.06. The maximum Gasteiger partial charge on any atom is 0.0780 e. The molecule has 0 saturated carbocycles. The topological polar surface area (TPSA) is 0 Å². The zero-order chi connectivity index (χ0) is 55.4. The highest BCUT2D eigenvalue weighted by Crippen LogP contribution is 2.21. The van der Waals surface area contributed by atoms with E-state index < -0.39 is 0 Å². The molecule has 0 fully saturated rings. The van der Waals surface area contributed by atoms with Crippen LogP contribution in [0.15, 0.2) is 0 Å². The minimum absolute atomic E-state index is 1.12. The molecule has 77 heavy (non-hydrogen) atoms. The molecule has 0 aliphatic rings. The quantitative estimate of drug-likeness (QED) is 0.0421. The number of hydrogen-bond acceptors (Lipinski definition) is 0. The van der Waals surface area contributed by atoms with Crippen molar-refractivity contribution in [3.63, 3.8) is 0 Å². The van der Waals surface area contributed by atoms with Gasteiger partial charge in [-0.05, 0) is 12.8 Å². The van der Waals surface area contributed by atoms with Crippen LogP contribution in [-0.2, 0) is 0 Å². The highest BCUT2D eigenvalue weighted by molar-refractivity contribution is 4.57. The maximum absolute atomic E-state index is 2.32. The second-order valence-electron chi connectivity index (χ2n) is 27.8. The van der Waals surface area contributed by atoms with Gasteiger partial charge in [-0.15, -0.1) is 0 Å². The first-order valence-electron chi connectivity index (χ1n) is 37.9. The first kappa shape index (κ1) is 77.0. The minimum atomic E-state index is 1.12. The first-order valence-corrected chi connectivity index (χ1v) is 37.9. The van der Waals surface area contributed by atoms with E-state index in [4.69, 9.17) is 0 Å². The molecule has 0 bridgehead atoms. The van der Waals surface area contributed by atoms with Crippen molar-refractivity contribution in [3.8, 4) is 0 Å². The van der Waals surface area contributed by atoms with Gasteiger partial charge in [-0.3, -0.25) is 0 Å². The van der Waals surface area contributed by atoms with Gasteiger partial charge in [-0.2, -0.15) is 0 Å². The van der Waals surface area contributed by atoms with Crippen LogP contribution in [0.25, 0.3) is 0 Å². The smallest absolute Gasteiger partial charge is 0.0780 e. The Morgan fingerprint density at radius 1 is 0.117 bits per heavy atom. The van der Waals surface area contributed by atoms with Crippen LogP contribution in [0.4, 0.5) is 0 Å². The van der Waals surface area contributed by atoms with Crippen LogP contribution in [0.1, 0.15) is 463 Å². The normalized spacial score (nSPS) is 12.0. The Morgan fingerprint density at radius 3 is 0.273 bits per heavy atom. The van der Waals surface area contributed by atoms with Crippen LogP contribution in [0.2, 0.25) is 0 Å². The lowest BCUT2D eigenvalue weighted by Gasteiger charge is -2.23. The summed E-state index contributed by atoms with van der Waals surface area (Å²) < 4.78 is 1.12. The molecule has 0 aliphatic carbocycles. The number of rotatable bonds is 72. The first-order chi connectivity index (χ1) is 38.1. The molecule has 0 amide bonds. The Bertz CT molecular complexity index is 979. The van der Waals surface area contributed by atoms with E-state index in [0.29, 0.717) is 0 Å². The predicted molar refractivity (Wildman–Crippen MR) is 356 cm³/mol. The standard InChI is InChI=1S/C76H156N/c1-5-6-7-8-9-10-11-12-13-14-15-16-17-18-19-20-21-22-23-24-25-26-27-28-29-30-31-32-33-34-35-36-37-38-39-40-41-42-43-44-45-46-47-48-49-50-51-52-53-54-55-56-57-58-59-60-61-62-63-64-65-66-67-68-69-70-71-72-73-74-75-76-77(2,3)4/h5-76H2,1-4H3/q+1. The molecule has 0 N–H and O–H groups in total. The minimum Gasteiger partial charge on any atom is -0.331 e. The van der Waals surface area contributed by atoms with Crippen LogP contribution in [-0.4, -0.2) is 32.2 Å². The zero-order valence-electron chi connectivity index (χ0n) is 55.4. The van der Waals surface area contributed by atoms with Crippen LogP contribution < -0.4 is 0 Å². The molecule has 1 heteroatoms. The summed E-state index contributed by atoms with van der Waals surface area (Å²) in [6.07, 6.45) is 106. The van der Waals surface area contributed by atoms with Gasteiger partial charge in [0.1, 0.15) is 0 Å². The lowest BCUT2D eigenvalue weighted by Crippen LogP contribution is -2.35. The largest absolute Gasteiger partial charge is 0.331 e. The van der Waals surface area contributed by atoms with E-state index in [1.807, 2.05) is 0 Å². The lowest BCUT2D eigenvalue weighted by atomic mass is 10.0. The number of hydrogen-bond donors (Lipinski definition) is 0. The molecule has 0 unspecified atom stereocenters. The third-order valence-corrected chi connectivity index (χ3v) is 18.4. The molecule has 0 spiro atoms. The maximum atomic E-state index is 2.32. The van der Waals surface area contributed by atoms with E-state index >= 15 is 0 Å². The van der Waals surface area contributed by atoms with Gasteiger partial charge in [0.15, 0.2) is 0 Å². The SMILES string of the molecule is CCCCCCCCCCCCCCCCCCCCCCCCCCCCCCCCCCCCCCCCCCCCCCCCCCCCCCCCCCCCCCCCCCCCCCCCC[N+](C)(C)C. The molecule has 0 aromatic heterocycles. The van der Waals surface area contributed by atoms with Gasteiger partial charge < -0.3 is 4.48 Å². The summed E-state index contributed by atoms with van der Waals surface area (Å²) in [5.74, 6) is 0. The second-order valence-corrected chi connectivity index (χ2v) is 27.8. The van der Waals surface area contributed by atoms with Gasteiger partial charge in [0, 0.05) is 0 Å². The van der Waals surface area contributed by atoms with Crippen LogP contribution >= 0.6 is 0 Å². The summed E-state index contributed by atoms with van der Waals surface area (Å²) in [5.41, 5.74) is 0. The van der Waals surface area contributed by atoms with Crippen molar-refractivity contribution < 1.29 is 4.48 Å². The third-order valence-electron chi connectivity index (χ3n) is 18.4. The Labute approximate surface area is 492 Å². The van der Waals surface area contributed by atoms with Crippen molar-refractivity contribution in [1.29, 1.82) is 0 Å². The highest BCUT2D eigenvalue weighted by atomic mass is 15.3. The van der Waals surface area contributed by atoms with Crippen LogP contribution in [0, 0.1) is 0 Å². The van der Waals surface area contributed by atoms with Gasteiger partial charge in [0.2, 0.25) is 0 Å². The fraction of sp³-hybridized carbons (Fsp3) is 1.00. The zero-order valence-corrected chi connectivity index (χ0v) is 55.4. The molecule has 1 nitrogen and oxygen atoms in total. The molecule has 0 aromatic rings. The summed E-state index contributed by atoms with van der Waals surface area (Å²) in [5, 5.41) is 0. The fourth-order valence-electron chi connectivity index (χ4n) is 12.9.